The minimum atomic E-state index is -0.151. The first kappa shape index (κ1) is 21.6. The van der Waals surface area contributed by atoms with Gasteiger partial charge in [-0.25, -0.2) is 0 Å². The lowest BCUT2D eigenvalue weighted by Crippen LogP contribution is -2.40. The first-order chi connectivity index (χ1) is 15.6. The summed E-state index contributed by atoms with van der Waals surface area (Å²) in [7, 11) is 1.60. The number of fused-ring (bicyclic) bond motifs is 1. The van der Waals surface area contributed by atoms with E-state index in [1.54, 1.807) is 13.4 Å². The van der Waals surface area contributed by atoms with E-state index < -0.39 is 0 Å². The van der Waals surface area contributed by atoms with Crippen molar-refractivity contribution in [2.75, 3.05) is 13.7 Å². The van der Waals surface area contributed by atoms with Gasteiger partial charge in [0, 0.05) is 18.2 Å². The number of methoxy groups -OCH3 is 1. The summed E-state index contributed by atoms with van der Waals surface area (Å²) in [6.45, 7) is 1.52. The number of hydrogen-bond acceptors (Lipinski definition) is 4. The van der Waals surface area contributed by atoms with E-state index in [1.165, 1.54) is 5.56 Å². The molecule has 0 amide bonds. The molecule has 4 aromatic rings. The third kappa shape index (κ3) is 5.36. The molecule has 2 N–H and O–H groups in total. The second-order valence-electron chi connectivity index (χ2n) is 7.48. The molecular weight excluding hydrogens is 422 g/mol. The number of pyridine rings is 1. The van der Waals surface area contributed by atoms with Gasteiger partial charge in [0.05, 0.1) is 32.0 Å². The van der Waals surface area contributed by atoms with E-state index in [9.17, 15) is 4.79 Å². The summed E-state index contributed by atoms with van der Waals surface area (Å²) in [6, 6.07) is 21.5. The number of benzene rings is 2. The number of nitrogens with one attached hydrogen (secondary N) is 2. The lowest BCUT2D eigenvalue weighted by Gasteiger charge is -2.25. The molecular formula is C25H25N3O3S. The minimum absolute atomic E-state index is 0.151. The van der Waals surface area contributed by atoms with Gasteiger partial charge in [0.2, 0.25) is 0 Å². The molecule has 0 saturated carbocycles. The molecule has 0 atom stereocenters. The molecule has 4 rings (SSSR count). The minimum Gasteiger partial charge on any atom is -0.497 e. The second kappa shape index (κ2) is 10.2. The first-order valence-electron chi connectivity index (χ1n) is 10.4. The predicted molar refractivity (Wildman–Crippen MR) is 130 cm³/mol. The Morgan fingerprint density at radius 2 is 1.94 bits per heavy atom. The maximum Gasteiger partial charge on any atom is 0.253 e. The van der Waals surface area contributed by atoms with Crippen molar-refractivity contribution in [3.8, 4) is 5.75 Å². The molecule has 0 aliphatic rings. The van der Waals surface area contributed by atoms with Crippen LogP contribution in [0.2, 0.25) is 0 Å². The molecule has 0 spiro atoms. The van der Waals surface area contributed by atoms with Crippen molar-refractivity contribution < 1.29 is 9.15 Å². The topological polar surface area (TPSA) is 70.5 Å². The first-order valence-corrected chi connectivity index (χ1v) is 10.8. The van der Waals surface area contributed by atoms with Crippen LogP contribution in [0, 0.1) is 0 Å². The van der Waals surface area contributed by atoms with Crippen LogP contribution in [0.4, 0.5) is 0 Å². The summed E-state index contributed by atoms with van der Waals surface area (Å²) >= 11 is 5.68. The third-order valence-electron chi connectivity index (χ3n) is 5.24. The van der Waals surface area contributed by atoms with E-state index in [0.717, 1.165) is 23.1 Å². The van der Waals surface area contributed by atoms with Crippen molar-refractivity contribution in [2.45, 2.75) is 19.5 Å². The number of furan rings is 1. The van der Waals surface area contributed by atoms with Gasteiger partial charge in [-0.2, -0.15) is 0 Å². The van der Waals surface area contributed by atoms with Crippen LogP contribution < -0.4 is 15.6 Å². The van der Waals surface area contributed by atoms with Gasteiger partial charge in [-0.1, -0.05) is 30.3 Å². The Hall–Kier alpha value is -3.58. The Kier molecular flexibility index (Phi) is 6.87. The maximum atomic E-state index is 12.8. The molecule has 2 aromatic heterocycles. The van der Waals surface area contributed by atoms with Crippen LogP contribution in [0.5, 0.6) is 5.75 Å². The molecule has 2 heterocycles. The predicted octanol–water partition coefficient (Wildman–Crippen LogP) is 4.25. The average Bonchev–Trinajstić information content (AvgIpc) is 3.32. The highest BCUT2D eigenvalue weighted by Gasteiger charge is 2.15. The van der Waals surface area contributed by atoms with Crippen LogP contribution in [-0.2, 0) is 19.5 Å². The number of aromatic nitrogens is 1. The van der Waals surface area contributed by atoms with Crippen LogP contribution in [0.25, 0.3) is 10.9 Å². The van der Waals surface area contributed by atoms with Gasteiger partial charge in [0.15, 0.2) is 5.11 Å². The Bertz CT molecular complexity index is 1240. The fourth-order valence-electron chi connectivity index (χ4n) is 3.54. The van der Waals surface area contributed by atoms with Crippen molar-refractivity contribution in [3.63, 3.8) is 0 Å². The largest absolute Gasteiger partial charge is 0.497 e. The van der Waals surface area contributed by atoms with Crippen molar-refractivity contribution in [1.82, 2.24) is 15.2 Å². The van der Waals surface area contributed by atoms with E-state index >= 15 is 0 Å². The highest BCUT2D eigenvalue weighted by atomic mass is 32.1. The Morgan fingerprint density at radius 1 is 1.09 bits per heavy atom. The second-order valence-corrected chi connectivity index (χ2v) is 7.87. The molecule has 0 aliphatic heterocycles. The molecule has 0 saturated heterocycles. The molecule has 0 bridgehead atoms. The molecule has 7 heteroatoms. The smallest absolute Gasteiger partial charge is 0.253 e. The van der Waals surface area contributed by atoms with Gasteiger partial charge in [-0.05, 0) is 59.9 Å². The lowest BCUT2D eigenvalue weighted by atomic mass is 10.1. The Balaban J connectivity index is 1.51. The van der Waals surface area contributed by atoms with E-state index in [1.807, 2.05) is 59.5 Å². The van der Waals surface area contributed by atoms with E-state index in [-0.39, 0.29) is 5.56 Å². The van der Waals surface area contributed by atoms with E-state index in [2.05, 4.69) is 22.4 Å². The van der Waals surface area contributed by atoms with Crippen LogP contribution in [0.1, 0.15) is 16.9 Å². The lowest BCUT2D eigenvalue weighted by molar-refractivity contribution is 0.350. The molecule has 0 unspecified atom stereocenters. The number of nitrogens with zero attached hydrogens (tertiary/aromatic N) is 1. The Labute approximate surface area is 191 Å². The van der Waals surface area contributed by atoms with Crippen LogP contribution in [-0.4, -0.2) is 28.7 Å². The molecule has 0 radical (unpaired) electrons. The van der Waals surface area contributed by atoms with Gasteiger partial charge >= 0.3 is 0 Å². The van der Waals surface area contributed by atoms with Crippen molar-refractivity contribution in [2.24, 2.45) is 0 Å². The van der Waals surface area contributed by atoms with Gasteiger partial charge in [-0.3, -0.25) is 4.79 Å². The zero-order valence-corrected chi connectivity index (χ0v) is 18.7. The van der Waals surface area contributed by atoms with Gasteiger partial charge in [0.1, 0.15) is 11.5 Å². The number of hydrogen-bond donors (Lipinski definition) is 2. The molecule has 32 heavy (non-hydrogen) atoms. The summed E-state index contributed by atoms with van der Waals surface area (Å²) in [5.41, 5.74) is 2.45. The zero-order valence-electron chi connectivity index (χ0n) is 17.8. The number of aromatic amines is 1. The number of rotatable bonds is 8. The molecule has 2 aromatic carbocycles. The third-order valence-corrected chi connectivity index (χ3v) is 5.64. The summed E-state index contributed by atoms with van der Waals surface area (Å²) in [6.07, 6.45) is 2.49. The molecule has 6 nitrogen and oxygen atoms in total. The van der Waals surface area contributed by atoms with Gasteiger partial charge in [0.25, 0.3) is 5.56 Å². The van der Waals surface area contributed by atoms with Crippen LogP contribution in [0.15, 0.2) is 82.2 Å². The summed E-state index contributed by atoms with van der Waals surface area (Å²) in [5, 5.41) is 4.83. The van der Waals surface area contributed by atoms with Crippen molar-refractivity contribution in [1.29, 1.82) is 0 Å². The number of H-pyrrole nitrogens is 1. The van der Waals surface area contributed by atoms with E-state index in [4.69, 9.17) is 21.4 Å². The van der Waals surface area contributed by atoms with Crippen molar-refractivity contribution in [3.05, 3.63) is 100 Å². The summed E-state index contributed by atoms with van der Waals surface area (Å²) < 4.78 is 10.8. The molecule has 0 aliphatic carbocycles. The number of ether oxygens (including phenoxy) is 1. The SMILES string of the molecule is COc1ccc2cc(CN(Cc3ccco3)C(=S)NCCc3ccccc3)c(=O)[nH]c2c1. The van der Waals surface area contributed by atoms with E-state index in [0.29, 0.717) is 36.1 Å². The van der Waals surface area contributed by atoms with Crippen molar-refractivity contribution >= 4 is 28.2 Å². The summed E-state index contributed by atoms with van der Waals surface area (Å²) in [4.78, 5) is 17.7. The quantitative estimate of drug-likeness (QED) is 0.394. The molecule has 0 fully saturated rings. The Morgan fingerprint density at radius 3 is 2.69 bits per heavy atom. The standard InChI is InChI=1S/C25H25N3O3S/c1-30-21-10-9-19-14-20(24(29)27-23(19)15-21)16-28(17-22-8-5-13-31-22)25(32)26-12-11-18-6-3-2-4-7-18/h2-10,13-15H,11-12,16-17H2,1H3,(H,26,32)(H,27,29). The van der Waals surface area contributed by atoms with Gasteiger partial charge in [-0.15, -0.1) is 0 Å². The fraction of sp³-hybridized carbons (Fsp3) is 0.200. The van der Waals surface area contributed by atoms with Crippen LogP contribution in [0.3, 0.4) is 0 Å². The number of thiocarbonyl (C=S) groups is 1. The maximum absolute atomic E-state index is 12.8. The average molecular weight is 448 g/mol. The van der Waals surface area contributed by atoms with Crippen LogP contribution >= 0.6 is 12.2 Å². The van der Waals surface area contributed by atoms with Gasteiger partial charge < -0.3 is 24.4 Å². The molecule has 164 valence electrons. The summed E-state index contributed by atoms with van der Waals surface area (Å²) in [5.74, 6) is 1.48. The zero-order chi connectivity index (χ0) is 22.3. The fourth-order valence-corrected chi connectivity index (χ4v) is 3.77. The monoisotopic (exact) mass is 447 g/mol. The highest BCUT2D eigenvalue weighted by Crippen LogP contribution is 2.19. The normalized spacial score (nSPS) is 10.8. The highest BCUT2D eigenvalue weighted by molar-refractivity contribution is 7.80.